The zero-order valence-corrected chi connectivity index (χ0v) is 7.93. The van der Waals surface area contributed by atoms with Crippen LogP contribution in [-0.2, 0) is 4.79 Å². The Kier molecular flexibility index (Phi) is 3.46. The molecule has 1 N–H and O–H groups in total. The maximum Gasteiger partial charge on any atom is 0.397 e. The van der Waals surface area contributed by atoms with Gasteiger partial charge in [0.1, 0.15) is 12.2 Å². The van der Waals surface area contributed by atoms with E-state index < -0.39 is 18.5 Å². The van der Waals surface area contributed by atoms with Gasteiger partial charge in [-0.15, -0.1) is 0 Å². The lowest BCUT2D eigenvalue weighted by Gasteiger charge is -2.06. The molecule has 1 heterocycles. The van der Waals surface area contributed by atoms with Crippen molar-refractivity contribution in [1.29, 1.82) is 0 Å². The number of amides is 1. The first-order valence-corrected chi connectivity index (χ1v) is 4.10. The fourth-order valence-corrected chi connectivity index (χ4v) is 0.921. The van der Waals surface area contributed by atoms with Gasteiger partial charge in [0.05, 0.1) is 0 Å². The fraction of sp³-hybridized carbons (Fsp3) is 0.286. The van der Waals surface area contributed by atoms with E-state index in [1.807, 2.05) is 5.32 Å². The number of nitrogens with one attached hydrogen (secondary N) is 1. The van der Waals surface area contributed by atoms with E-state index in [0.29, 0.717) is 0 Å². The molecule has 1 aromatic rings. The Hall–Kier alpha value is -1.37. The summed E-state index contributed by atoms with van der Waals surface area (Å²) in [6.45, 7) is 0. The highest BCUT2D eigenvalue weighted by Gasteiger charge is 2.31. The van der Waals surface area contributed by atoms with Crippen molar-refractivity contribution in [2.24, 2.45) is 0 Å². The van der Waals surface area contributed by atoms with Gasteiger partial charge in [-0.05, 0) is 17.7 Å². The molecule has 0 unspecified atom stereocenters. The Bertz CT molecular complexity index is 369. The van der Waals surface area contributed by atoms with Crippen LogP contribution < -0.4 is 5.32 Å². The monoisotopic (exact) mass is 239 g/mol. The first-order valence-electron chi connectivity index (χ1n) is 3.72. The number of anilines is 1. The molecule has 0 radical (unpaired) electrons. The highest BCUT2D eigenvalue weighted by molar-refractivity contribution is 6.28. The minimum Gasteiger partial charge on any atom is -0.310 e. The maximum absolute atomic E-state index is 11.8. The van der Waals surface area contributed by atoms with Gasteiger partial charge in [-0.1, -0.05) is 0 Å². The molecule has 1 aromatic heterocycles. The van der Waals surface area contributed by atoms with E-state index in [0.717, 1.165) is 0 Å². The van der Waals surface area contributed by atoms with Gasteiger partial charge in [-0.2, -0.15) is 13.2 Å². The molecule has 0 saturated heterocycles. The Balaban J connectivity index is 2.59. The number of hydrogen-bond donors (Lipinski definition) is 1. The number of aromatic nitrogens is 2. The molecular weight excluding hydrogens is 235 g/mol. The molecule has 0 aromatic carbocycles. The van der Waals surface area contributed by atoms with Crippen molar-refractivity contribution in [1.82, 2.24) is 9.97 Å². The van der Waals surface area contributed by atoms with Crippen molar-refractivity contribution < 1.29 is 18.0 Å². The molecule has 0 aliphatic heterocycles. The number of halogens is 4. The van der Waals surface area contributed by atoms with Crippen molar-refractivity contribution in [3.63, 3.8) is 0 Å². The van der Waals surface area contributed by atoms with Crippen molar-refractivity contribution in [2.75, 3.05) is 5.32 Å². The minimum atomic E-state index is -4.54. The highest BCUT2D eigenvalue weighted by atomic mass is 35.5. The van der Waals surface area contributed by atoms with E-state index >= 15 is 0 Å². The molecule has 0 saturated carbocycles. The van der Waals surface area contributed by atoms with Crippen LogP contribution in [0.1, 0.15) is 6.42 Å². The lowest BCUT2D eigenvalue weighted by Crippen LogP contribution is -2.21. The summed E-state index contributed by atoms with van der Waals surface area (Å²) in [5.41, 5.74) is 0. The summed E-state index contributed by atoms with van der Waals surface area (Å²) in [7, 11) is 0. The molecule has 0 spiro atoms. The van der Waals surface area contributed by atoms with Gasteiger partial charge < -0.3 is 5.32 Å². The molecular formula is C7H5ClF3N3O. The van der Waals surface area contributed by atoms with Crippen LogP contribution in [0.2, 0.25) is 5.28 Å². The Morgan fingerprint density at radius 1 is 1.53 bits per heavy atom. The van der Waals surface area contributed by atoms with E-state index in [1.54, 1.807) is 0 Å². The van der Waals surface area contributed by atoms with Gasteiger partial charge in [0.2, 0.25) is 11.2 Å². The SMILES string of the molecule is O=C(CC(F)(F)F)Nc1ccnc(Cl)n1. The van der Waals surface area contributed by atoms with Gasteiger partial charge >= 0.3 is 6.18 Å². The second-order valence-corrected chi connectivity index (χ2v) is 2.89. The quantitative estimate of drug-likeness (QED) is 0.804. The minimum absolute atomic E-state index is 0.0655. The average Bonchev–Trinajstić information content (AvgIpc) is 1.99. The largest absolute Gasteiger partial charge is 0.397 e. The first kappa shape index (κ1) is 11.7. The molecule has 1 amide bonds. The number of alkyl halides is 3. The van der Waals surface area contributed by atoms with Crippen LogP contribution in [0.5, 0.6) is 0 Å². The van der Waals surface area contributed by atoms with Gasteiger partial charge in [-0.3, -0.25) is 4.79 Å². The van der Waals surface area contributed by atoms with Crippen molar-refractivity contribution in [2.45, 2.75) is 12.6 Å². The van der Waals surface area contributed by atoms with E-state index in [4.69, 9.17) is 11.6 Å². The zero-order valence-electron chi connectivity index (χ0n) is 7.18. The third-order valence-electron chi connectivity index (χ3n) is 1.25. The average molecular weight is 240 g/mol. The number of carbonyl (C=O) groups is 1. The lowest BCUT2D eigenvalue weighted by atomic mass is 10.4. The third kappa shape index (κ3) is 4.59. The van der Waals surface area contributed by atoms with Gasteiger partial charge in [0.25, 0.3) is 0 Å². The third-order valence-corrected chi connectivity index (χ3v) is 1.44. The smallest absolute Gasteiger partial charge is 0.310 e. The zero-order chi connectivity index (χ0) is 11.5. The number of carbonyl (C=O) groups excluding carboxylic acids is 1. The normalized spacial score (nSPS) is 11.2. The maximum atomic E-state index is 11.8. The molecule has 0 aliphatic rings. The van der Waals surface area contributed by atoms with Gasteiger partial charge in [0.15, 0.2) is 0 Å². The molecule has 82 valence electrons. The van der Waals surface area contributed by atoms with Crippen LogP contribution in [-0.4, -0.2) is 22.1 Å². The molecule has 8 heteroatoms. The van der Waals surface area contributed by atoms with E-state index in [2.05, 4.69) is 9.97 Å². The van der Waals surface area contributed by atoms with E-state index in [1.165, 1.54) is 12.3 Å². The molecule has 15 heavy (non-hydrogen) atoms. The Morgan fingerprint density at radius 3 is 2.73 bits per heavy atom. The predicted octanol–water partition coefficient (Wildman–Crippen LogP) is 2.02. The van der Waals surface area contributed by atoms with Crippen molar-refractivity contribution >= 4 is 23.3 Å². The topological polar surface area (TPSA) is 54.9 Å². The fourth-order valence-electron chi connectivity index (χ4n) is 0.774. The number of nitrogens with zero attached hydrogens (tertiary/aromatic N) is 2. The summed E-state index contributed by atoms with van der Waals surface area (Å²) in [6.07, 6.45) is -4.88. The second-order valence-electron chi connectivity index (χ2n) is 2.55. The summed E-state index contributed by atoms with van der Waals surface area (Å²) >= 11 is 5.37. The molecule has 0 atom stereocenters. The number of rotatable bonds is 2. The van der Waals surface area contributed by atoms with Crippen LogP contribution in [0.4, 0.5) is 19.0 Å². The van der Waals surface area contributed by atoms with E-state index in [9.17, 15) is 18.0 Å². The summed E-state index contributed by atoms with van der Waals surface area (Å²) in [5.74, 6) is -1.26. The Morgan fingerprint density at radius 2 is 2.20 bits per heavy atom. The summed E-state index contributed by atoms with van der Waals surface area (Å²) < 4.78 is 35.3. The predicted molar refractivity (Wildman–Crippen MR) is 46.3 cm³/mol. The van der Waals surface area contributed by atoms with Crippen molar-refractivity contribution in [3.8, 4) is 0 Å². The molecule has 0 fully saturated rings. The first-order chi connectivity index (χ1) is 6.87. The second kappa shape index (κ2) is 4.43. The van der Waals surface area contributed by atoms with Crippen LogP contribution in [0.3, 0.4) is 0 Å². The van der Waals surface area contributed by atoms with Crippen LogP contribution in [0.25, 0.3) is 0 Å². The summed E-state index contributed by atoms with van der Waals surface area (Å²) in [6, 6.07) is 1.24. The van der Waals surface area contributed by atoms with Crippen LogP contribution in [0, 0.1) is 0 Å². The van der Waals surface area contributed by atoms with E-state index in [-0.39, 0.29) is 11.1 Å². The molecule has 1 rings (SSSR count). The number of hydrogen-bond acceptors (Lipinski definition) is 3. The van der Waals surface area contributed by atoms with Crippen LogP contribution in [0.15, 0.2) is 12.3 Å². The van der Waals surface area contributed by atoms with Gasteiger partial charge in [0, 0.05) is 6.20 Å². The molecule has 4 nitrogen and oxygen atoms in total. The van der Waals surface area contributed by atoms with Gasteiger partial charge in [-0.25, -0.2) is 9.97 Å². The molecule has 0 bridgehead atoms. The van der Waals surface area contributed by atoms with Crippen molar-refractivity contribution in [3.05, 3.63) is 17.5 Å². The van der Waals surface area contributed by atoms with Crippen LogP contribution >= 0.6 is 11.6 Å². The standard InChI is InChI=1S/C7H5ClF3N3O/c8-6-12-2-1-4(14-6)13-5(15)3-7(9,10)11/h1-2H,3H2,(H,12,13,14,15). The highest BCUT2D eigenvalue weighted by Crippen LogP contribution is 2.20. The summed E-state index contributed by atoms with van der Waals surface area (Å²) in [5, 5.41) is 1.79. The Labute approximate surface area is 87.5 Å². The molecule has 0 aliphatic carbocycles. The lowest BCUT2D eigenvalue weighted by molar-refractivity contribution is -0.150. The summed E-state index contributed by atoms with van der Waals surface area (Å²) in [4.78, 5) is 17.8.